The van der Waals surface area contributed by atoms with Crippen LogP contribution in [0.25, 0.3) is 11.0 Å². The van der Waals surface area contributed by atoms with Gasteiger partial charge in [-0.15, -0.1) is 11.6 Å². The predicted octanol–water partition coefficient (Wildman–Crippen LogP) is 5.38. The van der Waals surface area contributed by atoms with Crippen molar-refractivity contribution in [2.45, 2.75) is 42.9 Å². The van der Waals surface area contributed by atoms with Gasteiger partial charge in [-0.3, -0.25) is 0 Å². The summed E-state index contributed by atoms with van der Waals surface area (Å²) in [5, 5.41) is 0.828. The maximum Gasteiger partial charge on any atom is 0.125 e. The summed E-state index contributed by atoms with van der Waals surface area (Å²) < 4.78 is 3.45. The molecule has 2 nitrogen and oxygen atoms in total. The van der Waals surface area contributed by atoms with Crippen molar-refractivity contribution in [2.75, 3.05) is 6.26 Å². The summed E-state index contributed by atoms with van der Waals surface area (Å²) in [5.41, 5.74) is 2.26. The lowest BCUT2D eigenvalue weighted by Gasteiger charge is -2.29. The molecule has 1 aliphatic carbocycles. The molecule has 1 fully saturated rings. The molecule has 0 unspecified atom stereocenters. The van der Waals surface area contributed by atoms with E-state index in [1.165, 1.54) is 31.2 Å². The molecule has 5 heteroatoms. The third kappa shape index (κ3) is 2.75. The van der Waals surface area contributed by atoms with Crippen molar-refractivity contribution >= 4 is 50.3 Å². The van der Waals surface area contributed by atoms with Gasteiger partial charge in [-0.25, -0.2) is 4.98 Å². The average molecular weight is 374 g/mol. The van der Waals surface area contributed by atoms with Gasteiger partial charge in [0.15, 0.2) is 0 Å². The van der Waals surface area contributed by atoms with E-state index in [0.717, 1.165) is 21.1 Å². The van der Waals surface area contributed by atoms with Gasteiger partial charge in [0.25, 0.3) is 0 Å². The maximum atomic E-state index is 6.12. The van der Waals surface area contributed by atoms with Crippen molar-refractivity contribution in [3.8, 4) is 0 Å². The number of alkyl halides is 1. The predicted molar refractivity (Wildman–Crippen MR) is 91.8 cm³/mol. The highest BCUT2D eigenvalue weighted by atomic mass is 79.9. The fourth-order valence-electron chi connectivity index (χ4n) is 3.16. The summed E-state index contributed by atoms with van der Waals surface area (Å²) in [6.45, 7) is 0. The van der Waals surface area contributed by atoms with Gasteiger partial charge in [-0.1, -0.05) is 15.9 Å². The van der Waals surface area contributed by atoms with Crippen LogP contribution in [0.2, 0.25) is 0 Å². The zero-order valence-electron chi connectivity index (χ0n) is 11.5. The molecule has 0 amide bonds. The van der Waals surface area contributed by atoms with E-state index >= 15 is 0 Å². The molecule has 0 spiro atoms. The van der Waals surface area contributed by atoms with E-state index in [1.54, 1.807) is 0 Å². The van der Waals surface area contributed by atoms with Crippen molar-refractivity contribution in [1.82, 2.24) is 9.55 Å². The van der Waals surface area contributed by atoms with E-state index in [2.05, 4.69) is 45.0 Å². The van der Waals surface area contributed by atoms with Crippen molar-refractivity contribution in [3.63, 3.8) is 0 Å². The van der Waals surface area contributed by atoms with Gasteiger partial charge in [0, 0.05) is 15.8 Å². The normalized spacial score (nSPS) is 23.4. The number of benzene rings is 1. The largest absolute Gasteiger partial charge is 0.324 e. The van der Waals surface area contributed by atoms with Gasteiger partial charge in [0.05, 0.1) is 16.9 Å². The van der Waals surface area contributed by atoms with Gasteiger partial charge >= 0.3 is 0 Å². The Labute approximate surface area is 137 Å². The summed E-state index contributed by atoms with van der Waals surface area (Å²) in [6.07, 6.45) is 7.28. The van der Waals surface area contributed by atoms with Crippen LogP contribution < -0.4 is 0 Å². The van der Waals surface area contributed by atoms with E-state index in [-0.39, 0.29) is 0 Å². The van der Waals surface area contributed by atoms with E-state index in [0.29, 0.717) is 11.9 Å². The van der Waals surface area contributed by atoms with Crippen LogP contribution in [-0.2, 0) is 5.88 Å². The van der Waals surface area contributed by atoms with Crippen LogP contribution in [0.3, 0.4) is 0 Å². The second kappa shape index (κ2) is 6.29. The smallest absolute Gasteiger partial charge is 0.125 e. The van der Waals surface area contributed by atoms with E-state index < -0.39 is 0 Å². The molecule has 108 valence electrons. The number of hydrogen-bond donors (Lipinski definition) is 0. The van der Waals surface area contributed by atoms with Crippen molar-refractivity contribution in [3.05, 3.63) is 28.5 Å². The van der Waals surface area contributed by atoms with Crippen LogP contribution in [0.5, 0.6) is 0 Å². The van der Waals surface area contributed by atoms with Crippen molar-refractivity contribution in [1.29, 1.82) is 0 Å². The molecule has 20 heavy (non-hydrogen) atoms. The third-order valence-electron chi connectivity index (χ3n) is 4.19. The molecule has 2 aromatic rings. The number of rotatable bonds is 3. The minimum atomic E-state index is 0.481. The summed E-state index contributed by atoms with van der Waals surface area (Å²) in [5.74, 6) is 1.49. The third-order valence-corrected chi connectivity index (χ3v) is 6.06. The Morgan fingerprint density at radius 1 is 1.35 bits per heavy atom. The van der Waals surface area contributed by atoms with Crippen LogP contribution in [0.4, 0.5) is 0 Å². The number of imidazole rings is 1. The molecule has 0 saturated heterocycles. The lowest BCUT2D eigenvalue weighted by molar-refractivity contribution is 0.361. The van der Waals surface area contributed by atoms with Crippen molar-refractivity contribution < 1.29 is 0 Å². The summed E-state index contributed by atoms with van der Waals surface area (Å²) in [4.78, 5) is 4.70. The lowest BCUT2D eigenvalue weighted by Crippen LogP contribution is -2.20. The van der Waals surface area contributed by atoms with Gasteiger partial charge in [-0.05, 0) is 50.1 Å². The first-order valence-corrected chi connectivity index (χ1v) is 9.59. The monoisotopic (exact) mass is 372 g/mol. The molecule has 1 aromatic heterocycles. The minimum absolute atomic E-state index is 0.481. The zero-order chi connectivity index (χ0) is 14.1. The second-order valence-electron chi connectivity index (χ2n) is 5.33. The fraction of sp³-hybridized carbons (Fsp3) is 0.533. The SMILES string of the molecule is CSC1CCC(n2c(CCl)nc3cc(Br)ccc32)CC1. The van der Waals surface area contributed by atoms with Gasteiger partial charge in [-0.2, -0.15) is 11.8 Å². The van der Waals surface area contributed by atoms with E-state index in [9.17, 15) is 0 Å². The quantitative estimate of drug-likeness (QED) is 0.672. The van der Waals surface area contributed by atoms with Crippen LogP contribution in [0.1, 0.15) is 37.5 Å². The van der Waals surface area contributed by atoms with Crippen LogP contribution >= 0.6 is 39.3 Å². The molecular weight excluding hydrogens is 356 g/mol. The first kappa shape index (κ1) is 14.7. The number of hydrogen-bond acceptors (Lipinski definition) is 2. The molecule has 0 bridgehead atoms. The molecule has 3 rings (SSSR count). The zero-order valence-corrected chi connectivity index (χ0v) is 14.6. The average Bonchev–Trinajstić information content (AvgIpc) is 2.84. The Bertz CT molecular complexity index is 605. The summed E-state index contributed by atoms with van der Waals surface area (Å²) >= 11 is 11.6. The highest BCUT2D eigenvalue weighted by molar-refractivity contribution is 9.10. The van der Waals surface area contributed by atoms with Crippen LogP contribution in [0.15, 0.2) is 22.7 Å². The number of thioether (sulfide) groups is 1. The molecule has 0 atom stereocenters. The van der Waals surface area contributed by atoms with E-state index in [4.69, 9.17) is 16.6 Å². The second-order valence-corrected chi connectivity index (χ2v) is 7.65. The van der Waals surface area contributed by atoms with Crippen LogP contribution in [0, 0.1) is 0 Å². The molecular formula is C15H18BrClN2S. The highest BCUT2D eigenvalue weighted by Crippen LogP contribution is 2.36. The van der Waals surface area contributed by atoms with Gasteiger partial charge < -0.3 is 4.57 Å². The number of nitrogens with zero attached hydrogens (tertiary/aromatic N) is 2. The number of aromatic nitrogens is 2. The Balaban J connectivity index is 1.97. The van der Waals surface area contributed by atoms with E-state index in [1.807, 2.05) is 11.8 Å². The highest BCUT2D eigenvalue weighted by Gasteiger charge is 2.25. The molecule has 1 aromatic carbocycles. The molecule has 1 heterocycles. The summed E-state index contributed by atoms with van der Waals surface area (Å²) in [6, 6.07) is 6.88. The first-order chi connectivity index (χ1) is 9.72. The fourth-order valence-corrected chi connectivity index (χ4v) is 4.44. The standard InChI is InChI=1S/C15H18BrClN2S/c1-20-12-5-3-11(4-6-12)19-14-7-2-10(16)8-13(14)18-15(19)9-17/h2,7-8,11-12H,3-6,9H2,1H3. The Hall–Kier alpha value is -0.190. The Morgan fingerprint density at radius 3 is 2.75 bits per heavy atom. The molecule has 0 N–H and O–H groups in total. The molecule has 1 aliphatic rings. The Morgan fingerprint density at radius 2 is 2.10 bits per heavy atom. The minimum Gasteiger partial charge on any atom is -0.324 e. The summed E-state index contributed by atoms with van der Waals surface area (Å²) in [7, 11) is 0. The molecule has 0 radical (unpaired) electrons. The number of halogens is 2. The Kier molecular flexibility index (Phi) is 4.63. The van der Waals surface area contributed by atoms with Gasteiger partial charge in [0.1, 0.15) is 5.82 Å². The van der Waals surface area contributed by atoms with Crippen LogP contribution in [-0.4, -0.2) is 21.1 Å². The molecule has 0 aliphatic heterocycles. The first-order valence-electron chi connectivity index (χ1n) is 6.98. The number of fused-ring (bicyclic) bond motifs is 1. The molecule has 1 saturated carbocycles. The lowest BCUT2D eigenvalue weighted by atomic mass is 9.94. The maximum absolute atomic E-state index is 6.12. The van der Waals surface area contributed by atoms with Crippen molar-refractivity contribution in [2.24, 2.45) is 0 Å². The van der Waals surface area contributed by atoms with Gasteiger partial charge in [0.2, 0.25) is 0 Å². The topological polar surface area (TPSA) is 17.8 Å².